The van der Waals surface area contributed by atoms with E-state index >= 15 is 0 Å². The molecule has 0 spiro atoms. The Morgan fingerprint density at radius 2 is 1.62 bits per heavy atom. The number of aromatic nitrogens is 1. The Kier molecular flexibility index (Phi) is 11.4. The van der Waals surface area contributed by atoms with Gasteiger partial charge in [0.05, 0.1) is 6.04 Å². The molecule has 0 aliphatic rings. The summed E-state index contributed by atoms with van der Waals surface area (Å²) in [6, 6.07) is 3.23. The zero-order valence-corrected chi connectivity index (χ0v) is 21.6. The predicted molar refractivity (Wildman–Crippen MR) is 141 cm³/mol. The maximum Gasteiger partial charge on any atom is 0.325 e. The fraction of sp³-hybridized carbons (Fsp3) is 0.458. The van der Waals surface area contributed by atoms with Crippen LogP contribution in [-0.4, -0.2) is 75.9 Å². The number of carboxylic acid groups (broad SMARTS) is 1. The minimum atomic E-state index is -1.26. The molecule has 0 aliphatic heterocycles. The SMILES string of the molecule is CSCCC(NC(=O)C(N)Cc1c[nH]c2ccccc12)C(=O)NC(CCC(N)=O)C(=O)NC(C)C(=O)O. The van der Waals surface area contributed by atoms with Crippen molar-refractivity contribution < 1.29 is 29.1 Å². The third kappa shape index (κ3) is 9.10. The van der Waals surface area contributed by atoms with Crippen molar-refractivity contribution in [3.05, 3.63) is 36.0 Å². The highest BCUT2D eigenvalue weighted by Crippen LogP contribution is 2.19. The van der Waals surface area contributed by atoms with Gasteiger partial charge >= 0.3 is 5.97 Å². The summed E-state index contributed by atoms with van der Waals surface area (Å²) >= 11 is 1.47. The highest BCUT2D eigenvalue weighted by Gasteiger charge is 2.29. The molecule has 37 heavy (non-hydrogen) atoms. The van der Waals surface area contributed by atoms with Crippen LogP contribution in [0.1, 0.15) is 31.7 Å². The summed E-state index contributed by atoms with van der Waals surface area (Å²) in [7, 11) is 0. The Hall–Kier alpha value is -3.58. The van der Waals surface area contributed by atoms with Gasteiger partial charge in [-0.15, -0.1) is 0 Å². The number of carbonyl (C=O) groups excluding carboxylic acids is 4. The number of carboxylic acids is 1. The molecule has 9 N–H and O–H groups in total. The fourth-order valence-electron chi connectivity index (χ4n) is 3.62. The van der Waals surface area contributed by atoms with Crippen molar-refractivity contribution in [3.63, 3.8) is 0 Å². The lowest BCUT2D eigenvalue weighted by Gasteiger charge is -2.24. The molecule has 0 radical (unpaired) electrons. The highest BCUT2D eigenvalue weighted by molar-refractivity contribution is 7.98. The molecule has 0 fully saturated rings. The van der Waals surface area contributed by atoms with Crippen LogP contribution in [0.4, 0.5) is 0 Å². The van der Waals surface area contributed by atoms with Crippen molar-refractivity contribution in [3.8, 4) is 0 Å². The number of nitrogens with one attached hydrogen (secondary N) is 4. The number of thioether (sulfide) groups is 1. The molecule has 12 nitrogen and oxygen atoms in total. The van der Waals surface area contributed by atoms with Gasteiger partial charge in [0.15, 0.2) is 0 Å². The molecule has 0 saturated carbocycles. The molecule has 0 saturated heterocycles. The minimum absolute atomic E-state index is 0.136. The quantitative estimate of drug-likeness (QED) is 0.160. The number of aromatic amines is 1. The van der Waals surface area contributed by atoms with Gasteiger partial charge in [-0.05, 0) is 49.8 Å². The number of hydrogen-bond donors (Lipinski definition) is 7. The largest absolute Gasteiger partial charge is 0.480 e. The molecule has 4 unspecified atom stereocenters. The van der Waals surface area contributed by atoms with Crippen molar-refractivity contribution in [1.29, 1.82) is 0 Å². The summed E-state index contributed by atoms with van der Waals surface area (Å²) in [5, 5.41) is 17.5. The second-order valence-corrected chi connectivity index (χ2v) is 9.63. The van der Waals surface area contributed by atoms with Crippen LogP contribution in [0.3, 0.4) is 0 Å². The first-order valence-corrected chi connectivity index (χ1v) is 13.1. The molecule has 1 heterocycles. The van der Waals surface area contributed by atoms with Crippen LogP contribution in [0.15, 0.2) is 30.5 Å². The number of benzene rings is 1. The van der Waals surface area contributed by atoms with Gasteiger partial charge in [0.1, 0.15) is 18.1 Å². The van der Waals surface area contributed by atoms with E-state index in [1.807, 2.05) is 30.5 Å². The number of hydrogen-bond acceptors (Lipinski definition) is 7. The average Bonchev–Trinajstić information content (AvgIpc) is 3.26. The molecular formula is C24H34N6O6S. The van der Waals surface area contributed by atoms with Gasteiger partial charge in [0, 0.05) is 23.5 Å². The van der Waals surface area contributed by atoms with Crippen LogP contribution in [0, 0.1) is 0 Å². The topological polar surface area (TPSA) is 209 Å². The molecule has 2 aromatic rings. The number of primary amides is 1. The smallest absolute Gasteiger partial charge is 0.325 e. The molecular weight excluding hydrogens is 500 g/mol. The minimum Gasteiger partial charge on any atom is -0.480 e. The van der Waals surface area contributed by atoms with Gasteiger partial charge in [-0.1, -0.05) is 18.2 Å². The lowest BCUT2D eigenvalue weighted by atomic mass is 10.0. The van der Waals surface area contributed by atoms with E-state index in [1.54, 1.807) is 6.20 Å². The van der Waals surface area contributed by atoms with Gasteiger partial charge in [-0.2, -0.15) is 11.8 Å². The number of nitrogens with two attached hydrogens (primary N) is 2. The van der Waals surface area contributed by atoms with Crippen LogP contribution in [0.2, 0.25) is 0 Å². The number of para-hydroxylation sites is 1. The van der Waals surface area contributed by atoms with E-state index in [4.69, 9.17) is 16.6 Å². The zero-order valence-electron chi connectivity index (χ0n) is 20.8. The molecule has 2 rings (SSSR count). The number of amides is 4. The molecule has 1 aromatic carbocycles. The van der Waals surface area contributed by atoms with Gasteiger partial charge in [0.2, 0.25) is 23.6 Å². The van der Waals surface area contributed by atoms with Crippen LogP contribution in [-0.2, 0) is 30.4 Å². The molecule has 1 aromatic heterocycles. The maximum absolute atomic E-state index is 13.1. The van der Waals surface area contributed by atoms with Crippen LogP contribution in [0.5, 0.6) is 0 Å². The maximum atomic E-state index is 13.1. The highest BCUT2D eigenvalue weighted by atomic mass is 32.2. The van der Waals surface area contributed by atoms with E-state index in [9.17, 15) is 24.0 Å². The Balaban J connectivity index is 2.10. The molecule has 202 valence electrons. The van der Waals surface area contributed by atoms with E-state index < -0.39 is 53.8 Å². The van der Waals surface area contributed by atoms with E-state index in [1.165, 1.54) is 18.7 Å². The first-order valence-electron chi connectivity index (χ1n) is 11.7. The van der Waals surface area contributed by atoms with E-state index in [0.717, 1.165) is 16.5 Å². The number of H-pyrrole nitrogens is 1. The number of fused-ring (bicyclic) bond motifs is 1. The molecule has 4 amide bonds. The third-order valence-corrected chi connectivity index (χ3v) is 6.38. The first kappa shape index (κ1) is 29.6. The van der Waals surface area contributed by atoms with Crippen molar-refractivity contribution in [1.82, 2.24) is 20.9 Å². The summed E-state index contributed by atoms with van der Waals surface area (Å²) in [6.07, 6.45) is 3.78. The standard InChI is InChI=1S/C24H34N6O6S/c1-13(24(35)36)28-22(33)18(7-8-20(26)31)30-23(34)19(9-10-37-2)29-21(32)16(25)11-14-12-27-17-6-4-3-5-15(14)17/h3-6,12-13,16,18-19,27H,7-11,25H2,1-2H3,(H2,26,31)(H,28,33)(H,29,32)(H,30,34)(H,35,36). The number of rotatable bonds is 15. The predicted octanol–water partition coefficient (Wildman–Crippen LogP) is -0.385. The third-order valence-electron chi connectivity index (χ3n) is 5.74. The Bertz CT molecular complexity index is 1120. The number of carbonyl (C=O) groups is 5. The van der Waals surface area contributed by atoms with E-state index in [2.05, 4.69) is 20.9 Å². The van der Waals surface area contributed by atoms with Crippen molar-refractivity contribution >= 4 is 52.3 Å². The second kappa shape index (κ2) is 14.2. The lowest BCUT2D eigenvalue weighted by molar-refractivity contribution is -0.142. The molecule has 4 atom stereocenters. The zero-order chi connectivity index (χ0) is 27.5. The summed E-state index contributed by atoms with van der Waals surface area (Å²) in [5.41, 5.74) is 13.1. The summed E-state index contributed by atoms with van der Waals surface area (Å²) in [6.45, 7) is 1.27. The van der Waals surface area contributed by atoms with Crippen molar-refractivity contribution in [2.45, 2.75) is 56.8 Å². The second-order valence-electron chi connectivity index (χ2n) is 8.65. The first-order chi connectivity index (χ1) is 17.5. The summed E-state index contributed by atoms with van der Waals surface area (Å²) < 4.78 is 0. The van der Waals surface area contributed by atoms with Crippen molar-refractivity contribution in [2.75, 3.05) is 12.0 Å². The van der Waals surface area contributed by atoms with E-state index in [0.29, 0.717) is 5.75 Å². The normalized spacial score (nSPS) is 14.2. The Morgan fingerprint density at radius 1 is 1.00 bits per heavy atom. The Morgan fingerprint density at radius 3 is 2.27 bits per heavy atom. The van der Waals surface area contributed by atoms with E-state index in [-0.39, 0.29) is 25.7 Å². The Labute approximate surface area is 218 Å². The van der Waals surface area contributed by atoms with Crippen LogP contribution < -0.4 is 27.4 Å². The van der Waals surface area contributed by atoms with Crippen LogP contribution >= 0.6 is 11.8 Å². The van der Waals surface area contributed by atoms with Gasteiger partial charge < -0.3 is 37.5 Å². The fourth-order valence-corrected chi connectivity index (χ4v) is 4.09. The number of aliphatic carboxylic acids is 1. The van der Waals surface area contributed by atoms with Gasteiger partial charge in [0.25, 0.3) is 0 Å². The average molecular weight is 535 g/mol. The van der Waals surface area contributed by atoms with Crippen LogP contribution in [0.25, 0.3) is 10.9 Å². The molecule has 0 aliphatic carbocycles. The summed E-state index contributed by atoms with van der Waals surface area (Å²) in [4.78, 5) is 64.1. The summed E-state index contributed by atoms with van der Waals surface area (Å²) in [5.74, 6) is -3.39. The lowest BCUT2D eigenvalue weighted by Crippen LogP contribution is -2.57. The monoisotopic (exact) mass is 534 g/mol. The van der Waals surface area contributed by atoms with Gasteiger partial charge in [-0.25, -0.2) is 0 Å². The van der Waals surface area contributed by atoms with Crippen molar-refractivity contribution in [2.24, 2.45) is 11.5 Å². The molecule has 13 heteroatoms. The van der Waals surface area contributed by atoms with Gasteiger partial charge in [-0.3, -0.25) is 24.0 Å². The molecule has 0 bridgehead atoms.